The molecule has 0 aromatic heterocycles. The van der Waals surface area contributed by atoms with Gasteiger partial charge in [-0.25, -0.2) is 4.79 Å². The van der Waals surface area contributed by atoms with Gasteiger partial charge >= 0.3 is 5.97 Å². The van der Waals surface area contributed by atoms with E-state index in [1.165, 1.54) is 7.11 Å². The van der Waals surface area contributed by atoms with Crippen molar-refractivity contribution in [3.8, 4) is 23.7 Å². The Kier molecular flexibility index (Phi) is 7.45. The molecule has 0 saturated heterocycles. The Morgan fingerprint density at radius 3 is 2.32 bits per heavy atom. The maximum atomic E-state index is 11.3. The van der Waals surface area contributed by atoms with Gasteiger partial charge in [-0.1, -0.05) is 32.6 Å². The Hall–Kier alpha value is -2.05. The average molecular weight is 359 g/mol. The number of aliphatic hydroxyl groups excluding tert-OH is 1. The van der Waals surface area contributed by atoms with Gasteiger partial charge in [0.25, 0.3) is 0 Å². The second kappa shape index (κ2) is 8.87. The van der Waals surface area contributed by atoms with E-state index < -0.39 is 14.4 Å². The summed E-state index contributed by atoms with van der Waals surface area (Å²) in [6, 6.07) is 6.73. The molecule has 4 nitrogen and oxygen atoms in total. The summed E-state index contributed by atoms with van der Waals surface area (Å²) in [6.45, 7) is 10.9. The zero-order valence-electron chi connectivity index (χ0n) is 15.8. The van der Waals surface area contributed by atoms with Crippen molar-refractivity contribution < 1.29 is 19.1 Å². The molecular formula is C20H26O4Si. The molecule has 0 amide bonds. The molecule has 0 radical (unpaired) electrons. The van der Waals surface area contributed by atoms with Gasteiger partial charge in [-0.3, -0.25) is 0 Å². The minimum Gasteiger partial charge on any atom is -0.465 e. The van der Waals surface area contributed by atoms with Gasteiger partial charge in [-0.2, -0.15) is 0 Å². The summed E-state index contributed by atoms with van der Waals surface area (Å²) in [6.07, 6.45) is -0.856. The van der Waals surface area contributed by atoms with Gasteiger partial charge in [0.2, 0.25) is 0 Å². The molecule has 0 saturated carbocycles. The van der Waals surface area contributed by atoms with Crippen LogP contribution in [0.25, 0.3) is 0 Å². The number of carbonyl (C=O) groups excluding carboxylic acids is 1. The number of methoxy groups -OCH3 is 1. The first-order valence-corrected chi connectivity index (χ1v) is 11.0. The molecule has 0 fully saturated rings. The summed E-state index contributed by atoms with van der Waals surface area (Å²) in [5.41, 5.74) is 1.20. The summed E-state index contributed by atoms with van der Waals surface area (Å²) < 4.78 is 10.5. The van der Waals surface area contributed by atoms with E-state index in [1.54, 1.807) is 24.3 Å². The summed E-state index contributed by atoms with van der Waals surface area (Å²) in [5, 5.41) is 10.00. The third-order valence-corrected chi connectivity index (χ3v) is 8.72. The minimum absolute atomic E-state index is 0.0936. The first kappa shape index (κ1) is 21.0. The van der Waals surface area contributed by atoms with Crippen LogP contribution < -0.4 is 0 Å². The highest BCUT2D eigenvalue weighted by Crippen LogP contribution is 2.36. The van der Waals surface area contributed by atoms with E-state index in [9.17, 15) is 9.90 Å². The van der Waals surface area contributed by atoms with E-state index in [1.807, 2.05) is 0 Å². The monoisotopic (exact) mass is 358 g/mol. The Labute approximate surface area is 151 Å². The van der Waals surface area contributed by atoms with Gasteiger partial charge in [-0.15, -0.1) is 0 Å². The van der Waals surface area contributed by atoms with Crippen molar-refractivity contribution in [1.82, 2.24) is 0 Å². The fourth-order valence-corrected chi connectivity index (χ4v) is 2.58. The van der Waals surface area contributed by atoms with Crippen molar-refractivity contribution >= 4 is 14.3 Å². The predicted molar refractivity (Wildman–Crippen MR) is 102 cm³/mol. The lowest BCUT2D eigenvalue weighted by atomic mass is 10.1. The van der Waals surface area contributed by atoms with Crippen LogP contribution in [0.1, 0.15) is 36.7 Å². The number of hydrogen-bond acceptors (Lipinski definition) is 4. The molecule has 25 heavy (non-hydrogen) atoms. The third kappa shape index (κ3) is 6.76. The van der Waals surface area contributed by atoms with Crippen molar-refractivity contribution in [2.75, 3.05) is 13.7 Å². The van der Waals surface area contributed by atoms with E-state index in [4.69, 9.17) is 4.43 Å². The second-order valence-corrected chi connectivity index (χ2v) is 12.0. The van der Waals surface area contributed by atoms with Gasteiger partial charge in [0.15, 0.2) is 8.32 Å². The van der Waals surface area contributed by atoms with Crippen LogP contribution in [0.5, 0.6) is 0 Å². The van der Waals surface area contributed by atoms with Crippen molar-refractivity contribution in [3.63, 3.8) is 0 Å². The number of aliphatic hydroxyl groups is 1. The Bertz CT molecular complexity index is 707. The molecule has 0 bridgehead atoms. The van der Waals surface area contributed by atoms with Crippen LogP contribution in [0.3, 0.4) is 0 Å². The number of benzene rings is 1. The highest BCUT2D eigenvalue weighted by molar-refractivity contribution is 6.74. The third-order valence-electron chi connectivity index (χ3n) is 4.22. The van der Waals surface area contributed by atoms with E-state index in [2.05, 4.69) is 62.3 Å². The molecule has 1 N–H and O–H groups in total. The predicted octanol–water partition coefficient (Wildman–Crippen LogP) is 3.21. The summed E-state index contributed by atoms with van der Waals surface area (Å²) in [5.74, 6) is 10.5. The molecule has 0 spiro atoms. The zero-order chi connectivity index (χ0) is 19.1. The standard InChI is InChI=1S/C20H26O4Si/c1-20(2,3)25(5,6)24-15-18(21)10-8-7-9-16-11-13-17(14-12-16)19(22)23-4/h11-14,18,21H,15H2,1-6H3. The molecule has 1 rings (SSSR count). The van der Waals surface area contributed by atoms with Crippen LogP contribution in [0.15, 0.2) is 24.3 Å². The SMILES string of the molecule is COC(=O)c1ccc(C#CC#CC(O)CO[Si](C)(C)C(C)(C)C)cc1. The normalized spacial score (nSPS) is 12.3. The lowest BCUT2D eigenvalue weighted by molar-refractivity contribution is 0.0600. The number of esters is 1. The molecule has 0 aliphatic carbocycles. The number of ether oxygens (including phenoxy) is 1. The molecule has 0 aliphatic heterocycles. The fraction of sp³-hybridized carbons (Fsp3) is 0.450. The fourth-order valence-electron chi connectivity index (χ4n) is 1.58. The maximum absolute atomic E-state index is 11.3. The molecule has 1 aromatic carbocycles. The molecule has 1 atom stereocenters. The number of rotatable bonds is 4. The number of hydrogen-bond donors (Lipinski definition) is 1. The minimum atomic E-state index is -1.89. The van der Waals surface area contributed by atoms with Crippen LogP contribution in [-0.4, -0.2) is 39.2 Å². The molecule has 0 aliphatic rings. The maximum Gasteiger partial charge on any atom is 0.337 e. The van der Waals surface area contributed by atoms with Crippen LogP contribution in [0.2, 0.25) is 18.1 Å². The van der Waals surface area contributed by atoms with Crippen molar-refractivity contribution in [1.29, 1.82) is 0 Å². The Morgan fingerprint density at radius 2 is 1.80 bits per heavy atom. The van der Waals surface area contributed by atoms with E-state index in [0.29, 0.717) is 5.56 Å². The van der Waals surface area contributed by atoms with Crippen molar-refractivity contribution in [2.45, 2.75) is 45.0 Å². The van der Waals surface area contributed by atoms with Crippen molar-refractivity contribution in [3.05, 3.63) is 35.4 Å². The quantitative estimate of drug-likeness (QED) is 0.510. The summed E-state index contributed by atoms with van der Waals surface area (Å²) in [4.78, 5) is 11.3. The van der Waals surface area contributed by atoms with Crippen LogP contribution in [-0.2, 0) is 9.16 Å². The van der Waals surface area contributed by atoms with Gasteiger partial charge in [0.05, 0.1) is 19.3 Å². The topological polar surface area (TPSA) is 55.8 Å². The van der Waals surface area contributed by atoms with E-state index >= 15 is 0 Å². The average Bonchev–Trinajstić information content (AvgIpc) is 2.55. The van der Waals surface area contributed by atoms with Crippen LogP contribution >= 0.6 is 0 Å². The summed E-state index contributed by atoms with van der Waals surface area (Å²) >= 11 is 0. The first-order valence-electron chi connectivity index (χ1n) is 8.09. The molecule has 1 aromatic rings. The Morgan fingerprint density at radius 1 is 1.20 bits per heavy atom. The highest BCUT2D eigenvalue weighted by atomic mass is 28.4. The highest BCUT2D eigenvalue weighted by Gasteiger charge is 2.37. The van der Waals surface area contributed by atoms with Gasteiger partial charge in [0.1, 0.15) is 6.10 Å². The second-order valence-electron chi connectivity index (χ2n) is 7.18. The van der Waals surface area contributed by atoms with Crippen molar-refractivity contribution in [2.24, 2.45) is 0 Å². The van der Waals surface area contributed by atoms with Gasteiger partial charge < -0.3 is 14.3 Å². The van der Waals surface area contributed by atoms with Gasteiger partial charge in [0, 0.05) is 5.56 Å². The lowest BCUT2D eigenvalue weighted by Gasteiger charge is -2.36. The lowest BCUT2D eigenvalue weighted by Crippen LogP contribution is -2.42. The first-order chi connectivity index (χ1) is 11.6. The molecule has 0 heterocycles. The van der Waals surface area contributed by atoms with Crippen LogP contribution in [0, 0.1) is 23.7 Å². The van der Waals surface area contributed by atoms with E-state index in [0.717, 1.165) is 5.56 Å². The molecular weight excluding hydrogens is 332 g/mol. The molecule has 134 valence electrons. The molecule has 1 unspecified atom stereocenters. The molecule has 5 heteroatoms. The van der Waals surface area contributed by atoms with Crippen LogP contribution in [0.4, 0.5) is 0 Å². The largest absolute Gasteiger partial charge is 0.465 e. The zero-order valence-corrected chi connectivity index (χ0v) is 16.8. The number of carbonyl (C=O) groups is 1. The summed E-state index contributed by atoms with van der Waals surface area (Å²) in [7, 11) is -0.548. The Balaban J connectivity index is 2.60. The van der Waals surface area contributed by atoms with E-state index in [-0.39, 0.29) is 17.6 Å². The smallest absolute Gasteiger partial charge is 0.337 e. The van der Waals surface area contributed by atoms with Gasteiger partial charge in [-0.05, 0) is 54.2 Å².